The van der Waals surface area contributed by atoms with Gasteiger partial charge < -0.3 is 0 Å². The predicted molar refractivity (Wildman–Crippen MR) is 81.7 cm³/mol. The minimum absolute atomic E-state index is 0. The van der Waals surface area contributed by atoms with Crippen molar-refractivity contribution in [2.24, 2.45) is 0 Å². The first-order valence-electron chi connectivity index (χ1n) is 6.44. The third-order valence-corrected chi connectivity index (χ3v) is 2.88. The lowest BCUT2D eigenvalue weighted by atomic mass is 10.0. The molecule has 0 heteroatoms. The van der Waals surface area contributed by atoms with Crippen molar-refractivity contribution >= 4 is 0 Å². The second-order valence-corrected chi connectivity index (χ2v) is 4.38. The Bertz CT molecular complexity index is 245. The van der Waals surface area contributed by atoms with Crippen LogP contribution in [0, 0.1) is 0 Å². The molecule has 0 bridgehead atoms. The van der Waals surface area contributed by atoms with Gasteiger partial charge in [-0.1, -0.05) is 78.6 Å². The van der Waals surface area contributed by atoms with Crippen molar-refractivity contribution in [3.63, 3.8) is 0 Å². The highest BCUT2D eigenvalue weighted by molar-refractivity contribution is 5.22. The van der Waals surface area contributed by atoms with E-state index in [1.165, 1.54) is 56.1 Å². The lowest BCUT2D eigenvalue weighted by Crippen LogP contribution is -1.88. The van der Waals surface area contributed by atoms with Crippen LogP contribution in [0.25, 0.3) is 0 Å². The van der Waals surface area contributed by atoms with Gasteiger partial charge in [-0.3, -0.25) is 0 Å². The smallest absolute Gasteiger partial charge is 0.0279 e. The Labute approximate surface area is 109 Å². The molecule has 0 aromatic heterocycles. The van der Waals surface area contributed by atoms with Gasteiger partial charge in [0.25, 0.3) is 0 Å². The molecule has 0 aliphatic rings. The summed E-state index contributed by atoms with van der Waals surface area (Å²) in [6, 6.07) is 9.19. The summed E-state index contributed by atoms with van der Waals surface area (Å²) in [6.07, 6.45) is 9.16. The van der Waals surface area contributed by atoms with Crippen molar-refractivity contribution in [1.82, 2.24) is 0 Å². The largest absolute Gasteiger partial charge is 0.0776 e. The second-order valence-electron chi connectivity index (χ2n) is 4.38. The summed E-state index contributed by atoms with van der Waals surface area (Å²) < 4.78 is 0. The van der Waals surface area contributed by atoms with Gasteiger partial charge in [0.05, 0.1) is 0 Å². The molecule has 0 nitrogen and oxygen atoms in total. The molecule has 0 atom stereocenters. The molecule has 0 fully saturated rings. The van der Waals surface area contributed by atoms with Crippen LogP contribution < -0.4 is 0 Å². The molecule has 0 unspecified atom stereocenters. The highest BCUT2D eigenvalue weighted by atomic mass is 14.0. The number of benzene rings is 1. The van der Waals surface area contributed by atoms with Crippen LogP contribution in [0.15, 0.2) is 24.3 Å². The average Bonchev–Trinajstić information content (AvgIpc) is 2.27. The molecule has 0 aliphatic carbocycles. The predicted octanol–water partition coefficient (Wildman–Crippen LogP) is 6.03. The van der Waals surface area contributed by atoms with Crippen molar-refractivity contribution in [2.75, 3.05) is 0 Å². The van der Waals surface area contributed by atoms with Crippen molar-refractivity contribution in [2.45, 2.75) is 73.6 Å². The molecule has 0 saturated heterocycles. The molecule has 0 heterocycles. The molecule has 0 aliphatic heterocycles. The van der Waals surface area contributed by atoms with E-state index < -0.39 is 0 Å². The van der Waals surface area contributed by atoms with Crippen LogP contribution in [-0.2, 0) is 12.8 Å². The fourth-order valence-corrected chi connectivity index (χ4v) is 1.92. The monoisotopic (exact) mass is 236 g/mol. The summed E-state index contributed by atoms with van der Waals surface area (Å²) in [4.78, 5) is 0. The van der Waals surface area contributed by atoms with Crippen molar-refractivity contribution in [3.8, 4) is 0 Å². The van der Waals surface area contributed by atoms with Gasteiger partial charge in [0, 0.05) is 0 Å². The molecule has 0 saturated carbocycles. The van der Waals surface area contributed by atoms with E-state index in [1.807, 2.05) is 0 Å². The first-order valence-corrected chi connectivity index (χ1v) is 6.44. The van der Waals surface area contributed by atoms with Crippen LogP contribution >= 0.6 is 0 Å². The Morgan fingerprint density at radius 3 is 1.65 bits per heavy atom. The highest BCUT2D eigenvalue weighted by Crippen LogP contribution is 2.10. The highest BCUT2D eigenvalue weighted by Gasteiger charge is 1.94. The van der Waals surface area contributed by atoms with Crippen LogP contribution in [0.5, 0.6) is 0 Å². The van der Waals surface area contributed by atoms with Gasteiger partial charge in [0.15, 0.2) is 0 Å². The van der Waals surface area contributed by atoms with E-state index in [-0.39, 0.29) is 14.9 Å². The summed E-state index contributed by atoms with van der Waals surface area (Å²) in [5.74, 6) is 0. The van der Waals surface area contributed by atoms with Crippen molar-refractivity contribution in [3.05, 3.63) is 35.4 Å². The minimum atomic E-state index is 0. The molecule has 0 N–H and O–H groups in total. The van der Waals surface area contributed by atoms with Crippen LogP contribution in [0.1, 0.15) is 71.9 Å². The molecule has 0 radical (unpaired) electrons. The molecular formula is C17H32. The quantitative estimate of drug-likeness (QED) is 0.507. The zero-order valence-corrected chi connectivity index (χ0v) is 10.3. The van der Waals surface area contributed by atoms with Gasteiger partial charge in [-0.05, 0) is 30.4 Å². The topological polar surface area (TPSA) is 0 Å². The summed E-state index contributed by atoms with van der Waals surface area (Å²) in [6.45, 7) is 4.50. The van der Waals surface area contributed by atoms with Gasteiger partial charge in [0.1, 0.15) is 0 Å². The summed E-state index contributed by atoms with van der Waals surface area (Å²) >= 11 is 0. The maximum Gasteiger partial charge on any atom is -0.0279 e. The minimum Gasteiger partial charge on any atom is -0.0776 e. The first-order chi connectivity index (χ1) is 7.36. The van der Waals surface area contributed by atoms with E-state index in [1.54, 1.807) is 0 Å². The number of aryl methyl sites for hydroxylation is 2. The van der Waals surface area contributed by atoms with Crippen LogP contribution in [-0.4, -0.2) is 0 Å². The maximum atomic E-state index is 2.30. The Hall–Kier alpha value is -0.780. The van der Waals surface area contributed by atoms with Gasteiger partial charge in [-0.2, -0.15) is 0 Å². The number of rotatable bonds is 7. The molecule has 100 valence electrons. The summed E-state index contributed by atoms with van der Waals surface area (Å²) in [7, 11) is 0. The van der Waals surface area contributed by atoms with E-state index in [0.717, 1.165) is 0 Å². The molecule has 1 aromatic rings. The summed E-state index contributed by atoms with van der Waals surface area (Å²) in [5, 5.41) is 0. The number of hydrogen-bond acceptors (Lipinski definition) is 0. The molecular weight excluding hydrogens is 204 g/mol. The zero-order valence-electron chi connectivity index (χ0n) is 10.3. The molecule has 1 aromatic carbocycles. The van der Waals surface area contributed by atoms with Crippen LogP contribution in [0.4, 0.5) is 0 Å². The first kappa shape index (κ1) is 18.6. The maximum absolute atomic E-state index is 2.30. The zero-order chi connectivity index (χ0) is 10.9. The van der Waals surface area contributed by atoms with Gasteiger partial charge in [0.2, 0.25) is 0 Å². The molecule has 0 amide bonds. The number of hydrogen-bond donors (Lipinski definition) is 0. The number of unbranched alkanes of at least 4 members (excludes halogenated alkanes) is 3. The van der Waals surface area contributed by atoms with E-state index in [0.29, 0.717) is 0 Å². The Morgan fingerprint density at radius 1 is 0.647 bits per heavy atom. The van der Waals surface area contributed by atoms with Gasteiger partial charge >= 0.3 is 0 Å². The van der Waals surface area contributed by atoms with E-state index in [2.05, 4.69) is 38.1 Å². The Balaban J connectivity index is 0. The third-order valence-electron chi connectivity index (χ3n) is 2.88. The average molecular weight is 236 g/mol. The molecule has 1 rings (SSSR count). The Morgan fingerprint density at radius 2 is 1.18 bits per heavy atom. The van der Waals surface area contributed by atoms with E-state index in [9.17, 15) is 0 Å². The normalized spacial score (nSPS) is 9.29. The van der Waals surface area contributed by atoms with E-state index in [4.69, 9.17) is 0 Å². The van der Waals surface area contributed by atoms with Gasteiger partial charge in [-0.25, -0.2) is 0 Å². The second kappa shape index (κ2) is 11.7. The Kier molecular flexibility index (Phi) is 12.8. The fourth-order valence-electron chi connectivity index (χ4n) is 1.92. The van der Waals surface area contributed by atoms with Gasteiger partial charge in [-0.15, -0.1) is 0 Å². The van der Waals surface area contributed by atoms with Crippen molar-refractivity contribution < 1.29 is 0 Å². The lowest BCUT2D eigenvalue weighted by Gasteiger charge is -2.03. The van der Waals surface area contributed by atoms with Crippen LogP contribution in [0.3, 0.4) is 0 Å². The van der Waals surface area contributed by atoms with Crippen molar-refractivity contribution in [1.29, 1.82) is 0 Å². The molecule has 17 heavy (non-hydrogen) atoms. The van der Waals surface area contributed by atoms with E-state index >= 15 is 0 Å². The molecule has 0 spiro atoms. The standard InChI is InChI=1S/C15H24.2CH4/c1-3-5-6-7-9-15-12-10-14(8-4-2)11-13-15;;/h10-13H,3-9H2,1-2H3;2*1H4. The third kappa shape index (κ3) is 8.01. The summed E-state index contributed by atoms with van der Waals surface area (Å²) in [5.41, 5.74) is 2.99. The fraction of sp³-hybridized carbons (Fsp3) is 0.647. The SMILES string of the molecule is C.C.CCCCCCc1ccc(CCC)cc1. The van der Waals surface area contributed by atoms with Crippen LogP contribution in [0.2, 0.25) is 0 Å². The lowest BCUT2D eigenvalue weighted by molar-refractivity contribution is 0.667.